The highest BCUT2D eigenvalue weighted by Gasteiger charge is 2.10. The van der Waals surface area contributed by atoms with E-state index < -0.39 is 0 Å². The summed E-state index contributed by atoms with van der Waals surface area (Å²) < 4.78 is 7.17. The van der Waals surface area contributed by atoms with Gasteiger partial charge in [0.1, 0.15) is 11.2 Å². The van der Waals surface area contributed by atoms with Crippen molar-refractivity contribution in [2.45, 2.75) is 0 Å². The molecule has 0 amide bonds. The maximum absolute atomic E-state index is 6.15. The molecule has 0 aliphatic carbocycles. The number of fused-ring (bicyclic) bond motifs is 3. The smallest absolute Gasteiger partial charge is 0.136 e. The Morgan fingerprint density at radius 3 is 1.82 bits per heavy atom. The van der Waals surface area contributed by atoms with Gasteiger partial charge in [-0.2, -0.15) is 0 Å². The second-order valence-electron chi connectivity index (χ2n) is 8.12. The van der Waals surface area contributed by atoms with E-state index in [1.165, 1.54) is 11.1 Å². The summed E-state index contributed by atoms with van der Waals surface area (Å²) in [6.45, 7) is 0. The lowest BCUT2D eigenvalue weighted by Crippen LogP contribution is -1.83. The quantitative estimate of drug-likeness (QED) is 0.231. The molecule has 1 nitrogen and oxygen atoms in total. The topological polar surface area (TPSA) is 13.1 Å². The molecule has 0 bridgehead atoms. The minimum atomic E-state index is 0.748. The second kappa shape index (κ2) is 8.22. The maximum Gasteiger partial charge on any atom is 0.136 e. The van der Waals surface area contributed by atoms with Crippen LogP contribution in [0.4, 0.5) is 0 Å². The summed E-state index contributed by atoms with van der Waals surface area (Å²) in [7, 11) is 0. The zero-order chi connectivity index (χ0) is 22.4. The minimum Gasteiger partial charge on any atom is -0.456 e. The summed E-state index contributed by atoms with van der Waals surface area (Å²) >= 11 is 9.71. The highest BCUT2D eigenvalue weighted by Crippen LogP contribution is 2.35. The predicted molar refractivity (Wildman–Crippen MR) is 143 cm³/mol. The third kappa shape index (κ3) is 3.86. The SMILES string of the molecule is Clc1cccc(-c2ccc(-c3cccc(-c4ccc5c(c4)oc4ccc(Br)cc45)c3)cc2)c1. The molecular weight excluding hydrogens is 492 g/mol. The van der Waals surface area contributed by atoms with Gasteiger partial charge in [0.15, 0.2) is 0 Å². The van der Waals surface area contributed by atoms with E-state index in [1.54, 1.807) is 0 Å². The summed E-state index contributed by atoms with van der Waals surface area (Å²) in [5.74, 6) is 0. The van der Waals surface area contributed by atoms with Gasteiger partial charge in [0.05, 0.1) is 0 Å². The van der Waals surface area contributed by atoms with Gasteiger partial charge in [-0.25, -0.2) is 0 Å². The molecule has 0 fully saturated rings. The van der Waals surface area contributed by atoms with Crippen molar-refractivity contribution in [3.63, 3.8) is 0 Å². The van der Waals surface area contributed by atoms with Gasteiger partial charge in [0, 0.05) is 20.3 Å². The van der Waals surface area contributed by atoms with E-state index in [1.807, 2.05) is 30.3 Å². The Bertz CT molecular complexity index is 1630. The van der Waals surface area contributed by atoms with E-state index in [-0.39, 0.29) is 0 Å². The molecule has 0 aliphatic rings. The average Bonchev–Trinajstić information content (AvgIpc) is 3.21. The number of rotatable bonds is 3. The molecule has 0 radical (unpaired) electrons. The first-order valence-corrected chi connectivity index (χ1v) is 11.9. The molecule has 0 N–H and O–H groups in total. The molecule has 158 valence electrons. The third-order valence-corrected chi connectivity index (χ3v) is 6.73. The third-order valence-electron chi connectivity index (χ3n) is 6.01. The molecule has 0 saturated carbocycles. The normalized spacial score (nSPS) is 11.3. The number of benzene rings is 5. The lowest BCUT2D eigenvalue weighted by molar-refractivity contribution is 0.669. The van der Waals surface area contributed by atoms with E-state index in [0.29, 0.717) is 0 Å². The van der Waals surface area contributed by atoms with Crippen LogP contribution in [-0.4, -0.2) is 0 Å². The number of hydrogen-bond acceptors (Lipinski definition) is 1. The fourth-order valence-corrected chi connectivity index (χ4v) is 4.88. The maximum atomic E-state index is 6.15. The first-order chi connectivity index (χ1) is 16.1. The summed E-state index contributed by atoms with van der Waals surface area (Å²) in [6, 6.07) is 37.7. The van der Waals surface area contributed by atoms with Gasteiger partial charge >= 0.3 is 0 Å². The molecule has 33 heavy (non-hydrogen) atoms. The summed E-state index contributed by atoms with van der Waals surface area (Å²) in [6.07, 6.45) is 0. The van der Waals surface area contributed by atoms with Crippen LogP contribution in [0.3, 0.4) is 0 Å². The van der Waals surface area contributed by atoms with Gasteiger partial charge in [-0.3, -0.25) is 0 Å². The van der Waals surface area contributed by atoms with Crippen LogP contribution >= 0.6 is 27.5 Å². The Morgan fingerprint density at radius 1 is 0.485 bits per heavy atom. The van der Waals surface area contributed by atoms with Crippen molar-refractivity contribution >= 4 is 49.5 Å². The summed E-state index contributed by atoms with van der Waals surface area (Å²) in [5, 5.41) is 3.00. The molecule has 0 unspecified atom stereocenters. The molecule has 6 rings (SSSR count). The Morgan fingerprint density at radius 2 is 1.09 bits per heavy atom. The first kappa shape index (κ1) is 20.3. The van der Waals surface area contributed by atoms with E-state index >= 15 is 0 Å². The molecule has 3 heteroatoms. The summed E-state index contributed by atoms with van der Waals surface area (Å²) in [4.78, 5) is 0. The number of furan rings is 1. The second-order valence-corrected chi connectivity index (χ2v) is 9.47. The highest BCUT2D eigenvalue weighted by atomic mass is 79.9. The molecule has 0 saturated heterocycles. The fourth-order valence-electron chi connectivity index (χ4n) is 4.33. The zero-order valence-corrected chi connectivity index (χ0v) is 19.9. The lowest BCUT2D eigenvalue weighted by atomic mass is 9.97. The highest BCUT2D eigenvalue weighted by molar-refractivity contribution is 9.10. The Kier molecular flexibility index (Phi) is 5.05. The molecule has 1 aromatic heterocycles. The first-order valence-electron chi connectivity index (χ1n) is 10.7. The lowest BCUT2D eigenvalue weighted by Gasteiger charge is -2.08. The summed E-state index contributed by atoms with van der Waals surface area (Å²) in [5.41, 5.74) is 8.73. The van der Waals surface area contributed by atoms with Crippen LogP contribution < -0.4 is 0 Å². The van der Waals surface area contributed by atoms with Crippen LogP contribution in [0.25, 0.3) is 55.3 Å². The van der Waals surface area contributed by atoms with Gasteiger partial charge in [0.2, 0.25) is 0 Å². The van der Waals surface area contributed by atoms with Crippen molar-refractivity contribution in [3.05, 3.63) is 119 Å². The van der Waals surface area contributed by atoms with E-state index in [0.717, 1.165) is 53.7 Å². The van der Waals surface area contributed by atoms with Crippen molar-refractivity contribution in [2.24, 2.45) is 0 Å². The molecule has 6 aromatic rings. The molecule has 0 atom stereocenters. The zero-order valence-electron chi connectivity index (χ0n) is 17.6. The molecular formula is C30H18BrClO. The van der Waals surface area contributed by atoms with Gasteiger partial charge in [0.25, 0.3) is 0 Å². The van der Waals surface area contributed by atoms with Crippen LogP contribution in [0.2, 0.25) is 5.02 Å². The van der Waals surface area contributed by atoms with E-state index in [9.17, 15) is 0 Å². The average molecular weight is 510 g/mol. The molecule has 0 aliphatic heterocycles. The van der Waals surface area contributed by atoms with Crippen molar-refractivity contribution in [2.75, 3.05) is 0 Å². The standard InChI is InChI=1S/C30H18BrClO/c31-25-12-14-29-28(18-25)27-13-11-24(17-30(27)33-29)22-4-1-3-21(15-22)19-7-9-20(10-8-19)23-5-2-6-26(32)16-23/h1-18H. The molecule has 0 spiro atoms. The number of halogens is 2. The van der Waals surface area contributed by atoms with Crippen molar-refractivity contribution in [1.82, 2.24) is 0 Å². The van der Waals surface area contributed by atoms with Gasteiger partial charge in [-0.1, -0.05) is 88.2 Å². The fraction of sp³-hybridized carbons (Fsp3) is 0. The van der Waals surface area contributed by atoms with Crippen molar-refractivity contribution in [3.8, 4) is 33.4 Å². The number of hydrogen-bond donors (Lipinski definition) is 0. The van der Waals surface area contributed by atoms with Crippen LogP contribution in [0, 0.1) is 0 Å². The van der Waals surface area contributed by atoms with Crippen LogP contribution in [0.1, 0.15) is 0 Å². The van der Waals surface area contributed by atoms with Gasteiger partial charge in [-0.05, 0) is 81.9 Å². The largest absolute Gasteiger partial charge is 0.456 e. The van der Waals surface area contributed by atoms with Gasteiger partial charge < -0.3 is 4.42 Å². The van der Waals surface area contributed by atoms with Crippen LogP contribution in [-0.2, 0) is 0 Å². The van der Waals surface area contributed by atoms with Crippen molar-refractivity contribution < 1.29 is 4.42 Å². The minimum absolute atomic E-state index is 0.748. The van der Waals surface area contributed by atoms with E-state index in [2.05, 4.69) is 94.8 Å². The monoisotopic (exact) mass is 508 g/mol. The van der Waals surface area contributed by atoms with Crippen LogP contribution in [0.5, 0.6) is 0 Å². The predicted octanol–water partition coefficient (Wildman–Crippen LogP) is 10.0. The Hall–Kier alpha value is -3.33. The van der Waals surface area contributed by atoms with E-state index in [4.69, 9.17) is 16.0 Å². The van der Waals surface area contributed by atoms with Crippen molar-refractivity contribution in [1.29, 1.82) is 0 Å². The Balaban J connectivity index is 1.36. The van der Waals surface area contributed by atoms with Crippen LogP contribution in [0.15, 0.2) is 118 Å². The molecule has 5 aromatic carbocycles. The Labute approximate surface area is 205 Å². The molecule has 1 heterocycles. The van der Waals surface area contributed by atoms with Gasteiger partial charge in [-0.15, -0.1) is 0 Å².